The van der Waals surface area contributed by atoms with E-state index >= 15 is 0 Å². The second-order valence-corrected chi connectivity index (χ2v) is 7.51. The molecule has 0 aliphatic rings. The molecule has 1 N–H and O–H groups in total. The zero-order chi connectivity index (χ0) is 20.8. The number of aryl methyl sites for hydroxylation is 3. The molecule has 0 fully saturated rings. The number of ether oxygens (including phenoxy) is 2. The molecule has 3 rings (SSSR count). The number of benzene rings is 2. The lowest BCUT2D eigenvalue weighted by atomic mass is 10.1. The van der Waals surface area contributed by atoms with Crippen LogP contribution in [0.25, 0.3) is 11.3 Å². The monoisotopic (exact) mass is 410 g/mol. The minimum Gasteiger partial charge on any atom is -0.482 e. The van der Waals surface area contributed by atoms with Crippen LogP contribution in [-0.4, -0.2) is 30.1 Å². The van der Waals surface area contributed by atoms with E-state index in [0.717, 1.165) is 22.4 Å². The number of anilines is 1. The number of carbonyl (C=O) groups is 2. The number of rotatable bonds is 7. The summed E-state index contributed by atoms with van der Waals surface area (Å²) < 4.78 is 10.4. The Morgan fingerprint density at radius 1 is 1.00 bits per heavy atom. The molecule has 0 bridgehead atoms. The van der Waals surface area contributed by atoms with Crippen molar-refractivity contribution in [3.05, 3.63) is 64.5 Å². The Kier molecular flexibility index (Phi) is 6.61. The van der Waals surface area contributed by atoms with Crippen LogP contribution in [0, 0.1) is 20.8 Å². The number of thiazole rings is 1. The fourth-order valence-corrected chi connectivity index (χ4v) is 3.21. The first-order valence-electron chi connectivity index (χ1n) is 9.09. The first kappa shape index (κ1) is 20.5. The summed E-state index contributed by atoms with van der Waals surface area (Å²) >= 11 is 1.31. The van der Waals surface area contributed by atoms with Gasteiger partial charge in [0.2, 0.25) is 0 Å². The van der Waals surface area contributed by atoms with Crippen LogP contribution in [0.1, 0.15) is 16.7 Å². The maximum Gasteiger partial charge on any atom is 0.344 e. The topological polar surface area (TPSA) is 77.5 Å². The smallest absolute Gasteiger partial charge is 0.344 e. The van der Waals surface area contributed by atoms with Gasteiger partial charge in [0, 0.05) is 10.9 Å². The van der Waals surface area contributed by atoms with Crippen LogP contribution < -0.4 is 10.1 Å². The van der Waals surface area contributed by atoms with Crippen molar-refractivity contribution in [3.63, 3.8) is 0 Å². The molecule has 150 valence electrons. The molecule has 7 heteroatoms. The van der Waals surface area contributed by atoms with E-state index in [2.05, 4.69) is 10.3 Å². The normalized spacial score (nSPS) is 10.4. The van der Waals surface area contributed by atoms with Gasteiger partial charge in [-0.1, -0.05) is 35.9 Å². The fraction of sp³-hybridized carbons (Fsp3) is 0.227. The molecular formula is C22H22N2O4S. The molecule has 1 aromatic heterocycles. The molecule has 0 aliphatic carbocycles. The quantitative estimate of drug-likeness (QED) is 0.588. The molecule has 0 atom stereocenters. The lowest BCUT2D eigenvalue weighted by molar-refractivity contribution is -0.149. The van der Waals surface area contributed by atoms with Gasteiger partial charge in [0.25, 0.3) is 5.91 Å². The van der Waals surface area contributed by atoms with Gasteiger partial charge in [-0.15, -0.1) is 11.3 Å². The molecule has 0 saturated heterocycles. The highest BCUT2D eigenvalue weighted by atomic mass is 32.1. The van der Waals surface area contributed by atoms with Crippen LogP contribution in [0.4, 0.5) is 5.13 Å². The summed E-state index contributed by atoms with van der Waals surface area (Å²) in [6, 6.07) is 13.5. The van der Waals surface area contributed by atoms with Gasteiger partial charge in [0.15, 0.2) is 18.3 Å². The highest BCUT2D eigenvalue weighted by molar-refractivity contribution is 7.14. The number of hydrogen-bond donors (Lipinski definition) is 1. The molecule has 0 spiro atoms. The van der Waals surface area contributed by atoms with E-state index in [0.29, 0.717) is 10.9 Å². The highest BCUT2D eigenvalue weighted by Crippen LogP contribution is 2.25. The van der Waals surface area contributed by atoms with Crippen molar-refractivity contribution in [2.24, 2.45) is 0 Å². The van der Waals surface area contributed by atoms with E-state index in [1.165, 1.54) is 16.9 Å². The summed E-state index contributed by atoms with van der Waals surface area (Å²) in [6.07, 6.45) is 0. The molecule has 0 aliphatic heterocycles. The Morgan fingerprint density at radius 3 is 2.48 bits per heavy atom. The first-order chi connectivity index (χ1) is 13.9. The Hall–Kier alpha value is -3.19. The average molecular weight is 410 g/mol. The molecular weight excluding hydrogens is 388 g/mol. The highest BCUT2D eigenvalue weighted by Gasteiger charge is 2.11. The van der Waals surface area contributed by atoms with Gasteiger partial charge in [-0.25, -0.2) is 9.78 Å². The van der Waals surface area contributed by atoms with E-state index in [4.69, 9.17) is 9.47 Å². The zero-order valence-electron chi connectivity index (χ0n) is 16.5. The van der Waals surface area contributed by atoms with Crippen LogP contribution >= 0.6 is 11.3 Å². The number of carbonyl (C=O) groups excluding carboxylic acids is 2. The average Bonchev–Trinajstić information content (AvgIpc) is 3.16. The molecule has 29 heavy (non-hydrogen) atoms. The molecule has 0 radical (unpaired) electrons. The summed E-state index contributed by atoms with van der Waals surface area (Å²) in [4.78, 5) is 28.2. The third-order valence-corrected chi connectivity index (χ3v) is 5.05. The minimum atomic E-state index is -0.613. The maximum absolute atomic E-state index is 12.0. The largest absolute Gasteiger partial charge is 0.482 e. The van der Waals surface area contributed by atoms with Crippen LogP contribution in [-0.2, 0) is 14.3 Å². The molecule has 1 heterocycles. The van der Waals surface area contributed by atoms with Crippen molar-refractivity contribution in [1.29, 1.82) is 0 Å². The molecule has 3 aromatic rings. The standard InChI is InChI=1S/C22H22N2O4S/c1-14-4-7-17(8-5-14)19-13-29-22(23-19)24-20(25)11-28-21(26)12-27-18-9-6-15(2)16(3)10-18/h4-10,13H,11-12H2,1-3H3,(H,23,24,25). The Bertz CT molecular complexity index is 1010. The number of nitrogens with one attached hydrogen (secondary N) is 1. The van der Waals surface area contributed by atoms with Gasteiger partial charge >= 0.3 is 5.97 Å². The molecule has 0 unspecified atom stereocenters. The van der Waals surface area contributed by atoms with E-state index in [-0.39, 0.29) is 6.61 Å². The summed E-state index contributed by atoms with van der Waals surface area (Å²) in [5, 5.41) is 4.95. The van der Waals surface area contributed by atoms with Gasteiger partial charge < -0.3 is 9.47 Å². The summed E-state index contributed by atoms with van der Waals surface area (Å²) in [5.74, 6) is -0.479. The van der Waals surface area contributed by atoms with Crippen LogP contribution in [0.5, 0.6) is 5.75 Å². The minimum absolute atomic E-state index is 0.259. The van der Waals surface area contributed by atoms with Crippen molar-refractivity contribution in [2.45, 2.75) is 20.8 Å². The molecule has 6 nitrogen and oxygen atoms in total. The second-order valence-electron chi connectivity index (χ2n) is 6.65. The zero-order valence-corrected chi connectivity index (χ0v) is 17.3. The van der Waals surface area contributed by atoms with Gasteiger partial charge in [-0.2, -0.15) is 0 Å². The predicted octanol–water partition coefficient (Wildman–Crippen LogP) is 4.30. The summed E-state index contributed by atoms with van der Waals surface area (Å²) in [7, 11) is 0. The van der Waals surface area contributed by atoms with Gasteiger partial charge in [-0.3, -0.25) is 10.1 Å². The lowest BCUT2D eigenvalue weighted by Crippen LogP contribution is -2.23. The van der Waals surface area contributed by atoms with Crippen LogP contribution in [0.3, 0.4) is 0 Å². The third kappa shape index (κ3) is 5.89. The second kappa shape index (κ2) is 9.34. The number of hydrogen-bond acceptors (Lipinski definition) is 6. The maximum atomic E-state index is 12.0. The van der Waals surface area contributed by atoms with E-state index in [1.807, 2.05) is 62.5 Å². The third-order valence-electron chi connectivity index (χ3n) is 4.30. The SMILES string of the molecule is Cc1ccc(-c2csc(NC(=O)COC(=O)COc3ccc(C)c(C)c3)n2)cc1. The number of amides is 1. The van der Waals surface area contributed by atoms with E-state index in [1.54, 1.807) is 6.07 Å². The van der Waals surface area contributed by atoms with Crippen molar-refractivity contribution in [1.82, 2.24) is 4.98 Å². The summed E-state index contributed by atoms with van der Waals surface area (Å²) in [5.41, 5.74) is 5.14. The Balaban J connectivity index is 1.44. The first-order valence-corrected chi connectivity index (χ1v) is 9.97. The van der Waals surface area contributed by atoms with Gasteiger partial charge in [0.1, 0.15) is 5.75 Å². The molecule has 2 aromatic carbocycles. The van der Waals surface area contributed by atoms with Crippen molar-refractivity contribution in [2.75, 3.05) is 18.5 Å². The van der Waals surface area contributed by atoms with Crippen molar-refractivity contribution >= 4 is 28.3 Å². The van der Waals surface area contributed by atoms with E-state index < -0.39 is 18.5 Å². The molecule has 1 amide bonds. The van der Waals surface area contributed by atoms with Gasteiger partial charge in [0.05, 0.1) is 5.69 Å². The lowest BCUT2D eigenvalue weighted by Gasteiger charge is -2.08. The van der Waals surface area contributed by atoms with E-state index in [9.17, 15) is 9.59 Å². The number of esters is 1. The van der Waals surface area contributed by atoms with Crippen molar-refractivity contribution < 1.29 is 19.1 Å². The van der Waals surface area contributed by atoms with Crippen LogP contribution in [0.15, 0.2) is 47.8 Å². The molecule has 0 saturated carbocycles. The van der Waals surface area contributed by atoms with Crippen LogP contribution in [0.2, 0.25) is 0 Å². The number of aromatic nitrogens is 1. The number of nitrogens with zero attached hydrogens (tertiary/aromatic N) is 1. The Labute approximate surface area is 173 Å². The van der Waals surface area contributed by atoms with Crippen molar-refractivity contribution in [3.8, 4) is 17.0 Å². The predicted molar refractivity (Wildman–Crippen MR) is 113 cm³/mol. The Morgan fingerprint density at radius 2 is 1.76 bits per heavy atom. The van der Waals surface area contributed by atoms with Gasteiger partial charge in [-0.05, 0) is 44.0 Å². The summed E-state index contributed by atoms with van der Waals surface area (Å²) in [6.45, 7) is 5.33. The fourth-order valence-electron chi connectivity index (χ4n) is 2.48.